The minimum Gasteiger partial charge on any atom is -0.313 e. The van der Waals surface area contributed by atoms with E-state index in [0.29, 0.717) is 10.9 Å². The number of rotatable bonds is 1. The molecule has 0 aliphatic rings. The van der Waals surface area contributed by atoms with Gasteiger partial charge in [-0.2, -0.15) is 0 Å². The summed E-state index contributed by atoms with van der Waals surface area (Å²) in [6, 6.07) is 5.23. The lowest BCUT2D eigenvalue weighted by molar-refractivity contribution is 0.693. The van der Waals surface area contributed by atoms with Crippen LogP contribution in [0.1, 0.15) is 0 Å². The van der Waals surface area contributed by atoms with E-state index in [2.05, 4.69) is 20.9 Å². The normalized spacial score (nSPS) is 10.9. The molecule has 0 atom stereocenters. The first-order valence-electron chi connectivity index (χ1n) is 4.19. The van der Waals surface area contributed by atoms with Gasteiger partial charge in [-0.1, -0.05) is 15.9 Å². The lowest BCUT2D eigenvalue weighted by Crippen LogP contribution is -2.25. The second-order valence-corrected chi connectivity index (χ2v) is 4.21. The Kier molecular flexibility index (Phi) is 2.77. The highest BCUT2D eigenvalue weighted by atomic mass is 79.9. The molecule has 0 unspecified atom stereocenters. The van der Waals surface area contributed by atoms with Gasteiger partial charge in [0, 0.05) is 4.47 Å². The fraction of sp³-hybridized carbons (Fsp3) is 0.111. The average Bonchev–Trinajstić information content (AvgIpc) is 2.20. The fourth-order valence-corrected chi connectivity index (χ4v) is 1.92. The maximum atomic E-state index is 11.9. The monoisotopic (exact) mass is 287 g/mol. The van der Waals surface area contributed by atoms with E-state index in [9.17, 15) is 4.79 Å². The Balaban J connectivity index is 2.92. The summed E-state index contributed by atoms with van der Waals surface area (Å²) in [7, 11) is 0. The molecule has 2 aromatic rings. The summed E-state index contributed by atoms with van der Waals surface area (Å²) in [6.07, 6.45) is 0. The van der Waals surface area contributed by atoms with Crippen molar-refractivity contribution < 1.29 is 0 Å². The number of hydrogen-bond donors (Lipinski definition) is 1. The molecule has 0 fully saturated rings. The first kappa shape index (κ1) is 10.6. The van der Waals surface area contributed by atoms with Gasteiger partial charge in [0.05, 0.1) is 17.6 Å². The molecule has 1 aromatic carbocycles. The van der Waals surface area contributed by atoms with Crippen molar-refractivity contribution in [3.63, 3.8) is 0 Å². The van der Waals surface area contributed by atoms with Crippen LogP contribution >= 0.6 is 27.5 Å². The van der Waals surface area contributed by atoms with Crippen LogP contribution in [0.25, 0.3) is 10.9 Å². The van der Waals surface area contributed by atoms with Gasteiger partial charge in [-0.25, -0.2) is 4.98 Å². The summed E-state index contributed by atoms with van der Waals surface area (Å²) in [6.45, 7) is 0.0210. The summed E-state index contributed by atoms with van der Waals surface area (Å²) < 4.78 is 2.04. The smallest absolute Gasteiger partial charge is 0.263 e. The van der Waals surface area contributed by atoms with Crippen molar-refractivity contribution in [2.45, 2.75) is 6.67 Å². The van der Waals surface area contributed by atoms with Gasteiger partial charge in [0.2, 0.25) is 5.28 Å². The van der Waals surface area contributed by atoms with Crippen LogP contribution in [0.5, 0.6) is 0 Å². The molecule has 0 amide bonds. The predicted molar refractivity (Wildman–Crippen MR) is 62.9 cm³/mol. The van der Waals surface area contributed by atoms with Crippen molar-refractivity contribution >= 4 is 38.4 Å². The van der Waals surface area contributed by atoms with E-state index in [1.54, 1.807) is 18.2 Å². The van der Waals surface area contributed by atoms with Crippen LogP contribution in [0, 0.1) is 0 Å². The maximum absolute atomic E-state index is 11.9. The molecule has 2 N–H and O–H groups in total. The van der Waals surface area contributed by atoms with Crippen LogP contribution in [-0.2, 0) is 6.67 Å². The average molecular weight is 289 g/mol. The Morgan fingerprint density at radius 2 is 2.27 bits per heavy atom. The second-order valence-electron chi connectivity index (χ2n) is 2.96. The zero-order valence-electron chi connectivity index (χ0n) is 7.58. The van der Waals surface area contributed by atoms with Crippen molar-refractivity contribution in [3.05, 3.63) is 38.3 Å². The Morgan fingerprint density at radius 1 is 1.53 bits per heavy atom. The number of benzene rings is 1. The van der Waals surface area contributed by atoms with Gasteiger partial charge in [0.1, 0.15) is 0 Å². The molecule has 1 heterocycles. The van der Waals surface area contributed by atoms with Gasteiger partial charge in [0.15, 0.2) is 0 Å². The molecule has 0 saturated carbocycles. The van der Waals surface area contributed by atoms with E-state index >= 15 is 0 Å². The zero-order chi connectivity index (χ0) is 11.0. The molecule has 0 radical (unpaired) electrons. The van der Waals surface area contributed by atoms with Crippen molar-refractivity contribution in [2.75, 3.05) is 0 Å². The first-order valence-corrected chi connectivity index (χ1v) is 5.36. The lowest BCUT2D eigenvalue weighted by atomic mass is 10.2. The van der Waals surface area contributed by atoms with E-state index < -0.39 is 0 Å². The zero-order valence-corrected chi connectivity index (χ0v) is 9.92. The third-order valence-corrected chi connectivity index (χ3v) is 2.83. The van der Waals surface area contributed by atoms with E-state index in [1.807, 2.05) is 0 Å². The third-order valence-electron chi connectivity index (χ3n) is 2.05. The van der Waals surface area contributed by atoms with Gasteiger partial charge < -0.3 is 5.73 Å². The van der Waals surface area contributed by atoms with Gasteiger partial charge >= 0.3 is 0 Å². The van der Waals surface area contributed by atoms with Crippen molar-refractivity contribution in [3.8, 4) is 0 Å². The second kappa shape index (κ2) is 3.92. The number of halogens is 2. The third kappa shape index (κ3) is 1.78. The Hall–Kier alpha value is -0.910. The lowest BCUT2D eigenvalue weighted by Gasteiger charge is -2.06. The SMILES string of the molecule is NCn1c(Cl)nc2ccc(Br)cc2c1=O. The number of nitrogens with zero attached hydrogens (tertiary/aromatic N) is 2. The highest BCUT2D eigenvalue weighted by Gasteiger charge is 2.07. The molecule has 0 aliphatic carbocycles. The number of fused-ring (bicyclic) bond motifs is 1. The predicted octanol–water partition coefficient (Wildman–Crippen LogP) is 1.73. The molecule has 0 saturated heterocycles. The molecule has 6 heteroatoms. The number of nitrogens with two attached hydrogens (primary N) is 1. The maximum Gasteiger partial charge on any atom is 0.263 e. The summed E-state index contributed by atoms with van der Waals surface area (Å²) in [4.78, 5) is 15.9. The van der Waals surface area contributed by atoms with Crippen molar-refractivity contribution in [2.24, 2.45) is 5.73 Å². The highest BCUT2D eigenvalue weighted by Crippen LogP contribution is 2.16. The van der Waals surface area contributed by atoms with Gasteiger partial charge in [-0.3, -0.25) is 9.36 Å². The van der Waals surface area contributed by atoms with Gasteiger partial charge in [0.25, 0.3) is 5.56 Å². The van der Waals surface area contributed by atoms with E-state index in [-0.39, 0.29) is 17.5 Å². The Labute approximate surface area is 98.8 Å². The minimum absolute atomic E-state index is 0.0210. The minimum atomic E-state index is -0.228. The van der Waals surface area contributed by atoms with Crippen molar-refractivity contribution in [1.82, 2.24) is 9.55 Å². The molecule has 15 heavy (non-hydrogen) atoms. The van der Waals surface area contributed by atoms with E-state index in [4.69, 9.17) is 17.3 Å². The molecule has 1 aromatic heterocycles. The molecule has 2 rings (SSSR count). The van der Waals surface area contributed by atoms with Crippen LogP contribution in [0.3, 0.4) is 0 Å². The number of hydrogen-bond acceptors (Lipinski definition) is 3. The Bertz CT molecular complexity index is 581. The van der Waals surface area contributed by atoms with E-state index in [0.717, 1.165) is 4.47 Å². The summed E-state index contributed by atoms with van der Waals surface area (Å²) in [5.74, 6) is 0. The summed E-state index contributed by atoms with van der Waals surface area (Å²) >= 11 is 9.10. The van der Waals surface area contributed by atoms with E-state index in [1.165, 1.54) is 4.57 Å². The highest BCUT2D eigenvalue weighted by molar-refractivity contribution is 9.10. The molecular formula is C9H7BrClN3O. The largest absolute Gasteiger partial charge is 0.313 e. The molecule has 78 valence electrons. The fourth-order valence-electron chi connectivity index (χ4n) is 1.32. The van der Waals surface area contributed by atoms with Gasteiger partial charge in [-0.05, 0) is 29.8 Å². The van der Waals surface area contributed by atoms with Crippen LogP contribution in [0.2, 0.25) is 5.28 Å². The first-order chi connectivity index (χ1) is 7.13. The molecule has 0 aliphatic heterocycles. The summed E-state index contributed by atoms with van der Waals surface area (Å²) in [5, 5.41) is 0.608. The van der Waals surface area contributed by atoms with Crippen LogP contribution in [0.15, 0.2) is 27.5 Å². The molecule has 0 spiro atoms. The molecule has 4 nitrogen and oxygen atoms in total. The van der Waals surface area contributed by atoms with Crippen LogP contribution in [-0.4, -0.2) is 9.55 Å². The molecular weight excluding hydrogens is 281 g/mol. The van der Waals surface area contributed by atoms with Crippen LogP contribution in [0.4, 0.5) is 0 Å². The van der Waals surface area contributed by atoms with Gasteiger partial charge in [-0.15, -0.1) is 0 Å². The quantitative estimate of drug-likeness (QED) is 0.813. The number of aromatic nitrogens is 2. The Morgan fingerprint density at radius 3 is 2.93 bits per heavy atom. The topological polar surface area (TPSA) is 60.9 Å². The molecule has 0 bridgehead atoms. The van der Waals surface area contributed by atoms with Crippen molar-refractivity contribution in [1.29, 1.82) is 0 Å². The standard InChI is InChI=1S/C9H7BrClN3O/c10-5-1-2-7-6(3-5)8(15)14(4-12)9(11)13-7/h1-3H,4,12H2. The van der Waals surface area contributed by atoms with Crippen LogP contribution < -0.4 is 11.3 Å². The summed E-state index contributed by atoms with van der Waals surface area (Å²) in [5.41, 5.74) is 5.75.